The monoisotopic (exact) mass is 401 g/mol. The highest BCUT2D eigenvalue weighted by Crippen LogP contribution is 2.31. The summed E-state index contributed by atoms with van der Waals surface area (Å²) in [5, 5.41) is 21.3. The molecule has 1 aliphatic carbocycles. The Labute approximate surface area is 167 Å². The number of carbonyl (C=O) groups excluding carboxylic acids is 2. The lowest BCUT2D eigenvalue weighted by atomic mass is 10.1. The van der Waals surface area contributed by atoms with Crippen molar-refractivity contribution in [1.29, 1.82) is 0 Å². The smallest absolute Gasteiger partial charge is 0.339 e. The number of nitro groups is 1. The molecular formula is C19H23N5O5. The lowest BCUT2D eigenvalue weighted by Crippen LogP contribution is -2.30. The number of esters is 1. The molecule has 0 bridgehead atoms. The molecule has 0 unspecified atom stereocenters. The van der Waals surface area contributed by atoms with E-state index in [9.17, 15) is 19.7 Å². The number of hydrogen-bond acceptors (Lipinski definition) is 7. The Hall–Kier alpha value is -3.43. The topological polar surface area (TPSA) is 128 Å². The number of nitro benzene ring substituents is 1. The van der Waals surface area contributed by atoms with Gasteiger partial charge in [0, 0.05) is 19.2 Å². The number of aromatic nitrogens is 2. The molecule has 1 atom stereocenters. The molecule has 1 aromatic carbocycles. The van der Waals surface area contributed by atoms with Crippen molar-refractivity contribution in [2.75, 3.05) is 10.6 Å². The average Bonchev–Trinajstić information content (AvgIpc) is 3.45. The number of anilines is 2. The summed E-state index contributed by atoms with van der Waals surface area (Å²) in [6.07, 6.45) is 0.831. The molecule has 154 valence electrons. The van der Waals surface area contributed by atoms with Gasteiger partial charge in [0.05, 0.1) is 27.6 Å². The number of ether oxygens (including phenoxy) is 1. The molecular weight excluding hydrogens is 378 g/mol. The number of nitrogens with zero attached hydrogens (tertiary/aromatic N) is 3. The Morgan fingerprint density at radius 3 is 2.59 bits per heavy atom. The molecule has 1 aromatic heterocycles. The minimum atomic E-state index is -1.09. The first-order valence-corrected chi connectivity index (χ1v) is 9.24. The van der Waals surface area contributed by atoms with Crippen LogP contribution >= 0.6 is 0 Å². The van der Waals surface area contributed by atoms with E-state index in [1.54, 1.807) is 18.7 Å². The predicted molar refractivity (Wildman–Crippen MR) is 106 cm³/mol. The van der Waals surface area contributed by atoms with Gasteiger partial charge in [-0.2, -0.15) is 5.10 Å². The summed E-state index contributed by atoms with van der Waals surface area (Å²) in [4.78, 5) is 35.6. The minimum absolute atomic E-state index is 0.00596. The molecule has 1 heterocycles. The first-order valence-electron chi connectivity index (χ1n) is 9.24. The van der Waals surface area contributed by atoms with Gasteiger partial charge >= 0.3 is 5.97 Å². The second-order valence-corrected chi connectivity index (χ2v) is 7.11. The van der Waals surface area contributed by atoms with Crippen LogP contribution in [0.4, 0.5) is 17.1 Å². The summed E-state index contributed by atoms with van der Waals surface area (Å²) >= 11 is 0. The van der Waals surface area contributed by atoms with Crippen LogP contribution in [0.5, 0.6) is 0 Å². The maximum absolute atomic E-state index is 12.4. The van der Waals surface area contributed by atoms with Gasteiger partial charge < -0.3 is 15.4 Å². The fourth-order valence-electron chi connectivity index (χ4n) is 2.84. The van der Waals surface area contributed by atoms with Gasteiger partial charge in [-0.05, 0) is 45.7 Å². The van der Waals surface area contributed by atoms with Crippen LogP contribution in [0, 0.1) is 24.0 Å². The lowest BCUT2D eigenvalue weighted by Gasteiger charge is -2.14. The van der Waals surface area contributed by atoms with Crippen LogP contribution in [0.1, 0.15) is 41.5 Å². The van der Waals surface area contributed by atoms with Crippen molar-refractivity contribution < 1.29 is 19.2 Å². The second kappa shape index (κ2) is 7.90. The average molecular weight is 401 g/mol. The van der Waals surface area contributed by atoms with E-state index in [0.717, 1.165) is 24.6 Å². The van der Waals surface area contributed by atoms with Crippen LogP contribution in [-0.4, -0.2) is 38.7 Å². The fraction of sp³-hybridized carbons (Fsp3) is 0.421. The van der Waals surface area contributed by atoms with Crippen LogP contribution in [0.2, 0.25) is 0 Å². The normalized spacial score (nSPS) is 14.2. The highest BCUT2D eigenvalue weighted by molar-refractivity contribution is 5.98. The van der Waals surface area contributed by atoms with Gasteiger partial charge in [-0.25, -0.2) is 4.79 Å². The molecule has 1 amide bonds. The van der Waals surface area contributed by atoms with Gasteiger partial charge in [0.2, 0.25) is 0 Å². The Bertz CT molecular complexity index is 980. The van der Waals surface area contributed by atoms with E-state index in [1.807, 2.05) is 6.92 Å². The van der Waals surface area contributed by atoms with Crippen LogP contribution in [-0.2, 0) is 16.6 Å². The van der Waals surface area contributed by atoms with Crippen LogP contribution in [0.15, 0.2) is 18.2 Å². The van der Waals surface area contributed by atoms with Crippen molar-refractivity contribution in [2.24, 2.45) is 7.05 Å². The Kier molecular flexibility index (Phi) is 5.53. The summed E-state index contributed by atoms with van der Waals surface area (Å²) in [5.74, 6) is -1.33. The van der Waals surface area contributed by atoms with Crippen molar-refractivity contribution in [2.45, 2.75) is 45.8 Å². The zero-order valence-corrected chi connectivity index (χ0v) is 16.7. The number of nitrogens with one attached hydrogen (secondary N) is 2. The molecule has 1 saturated carbocycles. The zero-order valence-electron chi connectivity index (χ0n) is 16.7. The van der Waals surface area contributed by atoms with E-state index < -0.39 is 22.9 Å². The highest BCUT2D eigenvalue weighted by Gasteiger charge is 2.27. The first-order chi connectivity index (χ1) is 13.7. The van der Waals surface area contributed by atoms with Crippen LogP contribution in [0.25, 0.3) is 0 Å². The van der Waals surface area contributed by atoms with Crippen molar-refractivity contribution in [3.05, 3.63) is 45.3 Å². The largest absolute Gasteiger partial charge is 0.449 e. The third-order valence-corrected chi connectivity index (χ3v) is 4.78. The molecule has 29 heavy (non-hydrogen) atoms. The summed E-state index contributed by atoms with van der Waals surface area (Å²) in [7, 11) is 1.76. The fourth-order valence-corrected chi connectivity index (χ4v) is 2.84. The van der Waals surface area contributed by atoms with E-state index in [-0.39, 0.29) is 17.3 Å². The number of hydrogen-bond donors (Lipinski definition) is 2. The lowest BCUT2D eigenvalue weighted by molar-refractivity contribution is -0.384. The van der Waals surface area contributed by atoms with E-state index in [1.165, 1.54) is 19.1 Å². The molecule has 10 nitrogen and oxygen atoms in total. The number of aryl methyl sites for hydroxylation is 2. The molecule has 0 saturated heterocycles. The molecule has 1 fully saturated rings. The van der Waals surface area contributed by atoms with E-state index in [2.05, 4.69) is 15.7 Å². The molecule has 2 aromatic rings. The van der Waals surface area contributed by atoms with Crippen molar-refractivity contribution in [3.8, 4) is 0 Å². The SMILES string of the molecule is Cc1nn(C)c(C)c1NC(=O)[C@@H](C)OC(=O)c1ccc(NC2CC2)c([N+](=O)[O-])c1. The van der Waals surface area contributed by atoms with Crippen molar-refractivity contribution in [3.63, 3.8) is 0 Å². The Morgan fingerprint density at radius 1 is 1.34 bits per heavy atom. The summed E-state index contributed by atoms with van der Waals surface area (Å²) < 4.78 is 6.84. The molecule has 10 heteroatoms. The first kappa shape index (κ1) is 20.3. The van der Waals surface area contributed by atoms with Gasteiger partial charge in [-0.15, -0.1) is 0 Å². The summed E-state index contributed by atoms with van der Waals surface area (Å²) in [6, 6.07) is 4.32. The quantitative estimate of drug-likeness (QED) is 0.415. The van der Waals surface area contributed by atoms with E-state index in [0.29, 0.717) is 17.1 Å². The molecule has 0 spiro atoms. The van der Waals surface area contributed by atoms with Gasteiger partial charge in [-0.1, -0.05) is 0 Å². The van der Waals surface area contributed by atoms with Crippen LogP contribution < -0.4 is 10.6 Å². The molecule has 3 rings (SSSR count). The van der Waals surface area contributed by atoms with E-state index >= 15 is 0 Å². The van der Waals surface area contributed by atoms with Gasteiger partial charge in [0.15, 0.2) is 6.10 Å². The van der Waals surface area contributed by atoms with Gasteiger partial charge in [0.25, 0.3) is 11.6 Å². The predicted octanol–water partition coefficient (Wildman–Crippen LogP) is 2.70. The number of rotatable bonds is 7. The standard InChI is InChI=1S/C19H23N5O5/c1-10-17(11(2)23(4)22-10)21-18(25)12(3)29-19(26)13-5-8-15(20-14-6-7-14)16(9-13)24(27)28/h5,8-9,12,14,20H,6-7H2,1-4H3,(H,21,25)/t12-/m1/s1. The molecule has 0 aliphatic heterocycles. The zero-order chi connectivity index (χ0) is 21.3. The highest BCUT2D eigenvalue weighted by atomic mass is 16.6. The third-order valence-electron chi connectivity index (χ3n) is 4.78. The van der Waals surface area contributed by atoms with Crippen molar-refractivity contribution in [1.82, 2.24) is 9.78 Å². The summed E-state index contributed by atoms with van der Waals surface area (Å²) in [5.41, 5.74) is 2.14. The Balaban J connectivity index is 1.69. The number of benzene rings is 1. The minimum Gasteiger partial charge on any atom is -0.449 e. The van der Waals surface area contributed by atoms with E-state index in [4.69, 9.17) is 4.74 Å². The molecule has 2 N–H and O–H groups in total. The maximum atomic E-state index is 12.4. The van der Waals surface area contributed by atoms with Gasteiger partial charge in [-0.3, -0.25) is 19.6 Å². The number of amides is 1. The Morgan fingerprint density at radius 2 is 2.03 bits per heavy atom. The third kappa shape index (κ3) is 4.53. The molecule has 0 radical (unpaired) electrons. The van der Waals surface area contributed by atoms with Gasteiger partial charge in [0.1, 0.15) is 5.69 Å². The number of carbonyl (C=O) groups is 2. The maximum Gasteiger partial charge on any atom is 0.339 e. The van der Waals surface area contributed by atoms with Crippen molar-refractivity contribution >= 4 is 28.9 Å². The molecule has 1 aliphatic rings. The van der Waals surface area contributed by atoms with Crippen LogP contribution in [0.3, 0.4) is 0 Å². The second-order valence-electron chi connectivity index (χ2n) is 7.11. The summed E-state index contributed by atoms with van der Waals surface area (Å²) in [6.45, 7) is 5.00.